The first-order valence-corrected chi connectivity index (χ1v) is 9.62. The van der Waals surface area contributed by atoms with E-state index in [4.69, 9.17) is 27.9 Å². The molecule has 2 aromatic rings. The molecule has 136 valence electrons. The highest BCUT2D eigenvalue weighted by Crippen LogP contribution is 2.54. The molecule has 0 amide bonds. The fraction of sp³-hybridized carbons (Fsp3) is 0.333. The number of rotatable bonds is 3. The minimum Gasteiger partial charge on any atom is -0.506 e. The summed E-state index contributed by atoms with van der Waals surface area (Å²) in [5.41, 5.74) is 2.94. The van der Waals surface area contributed by atoms with Crippen molar-refractivity contribution < 1.29 is 9.84 Å². The number of aromatic hydroxyl groups is 1. The third kappa shape index (κ3) is 2.93. The molecule has 0 saturated heterocycles. The van der Waals surface area contributed by atoms with Gasteiger partial charge in [0.25, 0.3) is 0 Å². The lowest BCUT2D eigenvalue weighted by Crippen LogP contribution is -2.29. The standard InChI is InChI=1S/C21H21Cl2NO2/c1-11(2)26-18-8-4-7-15-13-5-3-6-14(13)19(24-20(15)18)16-9-12(22)10-17(23)21(16)25/h3-5,7-11,13-14,19,24-25H,6H2,1-2H3. The zero-order chi connectivity index (χ0) is 18.4. The van der Waals surface area contributed by atoms with Crippen LogP contribution in [0.2, 0.25) is 10.0 Å². The lowest BCUT2D eigenvalue weighted by atomic mass is 9.76. The van der Waals surface area contributed by atoms with Gasteiger partial charge in [0, 0.05) is 16.5 Å². The van der Waals surface area contributed by atoms with Crippen molar-refractivity contribution in [1.29, 1.82) is 0 Å². The van der Waals surface area contributed by atoms with Gasteiger partial charge < -0.3 is 15.2 Å². The van der Waals surface area contributed by atoms with Gasteiger partial charge in [0.15, 0.2) is 0 Å². The lowest BCUT2D eigenvalue weighted by molar-refractivity contribution is 0.242. The molecular formula is C21H21Cl2NO2. The molecule has 0 radical (unpaired) electrons. The van der Waals surface area contributed by atoms with Gasteiger partial charge in [-0.1, -0.05) is 47.5 Å². The smallest absolute Gasteiger partial charge is 0.143 e. The molecule has 0 fully saturated rings. The fourth-order valence-corrected chi connectivity index (χ4v) is 4.58. The highest BCUT2D eigenvalue weighted by atomic mass is 35.5. The summed E-state index contributed by atoms with van der Waals surface area (Å²) in [7, 11) is 0. The van der Waals surface area contributed by atoms with Crippen LogP contribution >= 0.6 is 23.2 Å². The van der Waals surface area contributed by atoms with Crippen LogP contribution < -0.4 is 10.1 Å². The van der Waals surface area contributed by atoms with Crippen molar-refractivity contribution in [3.05, 3.63) is 63.7 Å². The van der Waals surface area contributed by atoms with Gasteiger partial charge in [-0.05, 0) is 49.9 Å². The average Bonchev–Trinajstić information content (AvgIpc) is 3.07. The Balaban J connectivity index is 1.83. The lowest BCUT2D eigenvalue weighted by Gasteiger charge is -2.38. The van der Waals surface area contributed by atoms with Gasteiger partial charge >= 0.3 is 0 Å². The molecule has 1 aliphatic heterocycles. The van der Waals surface area contributed by atoms with Gasteiger partial charge in [-0.2, -0.15) is 0 Å². The van der Waals surface area contributed by atoms with E-state index in [0.29, 0.717) is 5.02 Å². The number of fused-ring (bicyclic) bond motifs is 3. The number of allylic oxidation sites excluding steroid dienone is 2. The number of anilines is 1. The van der Waals surface area contributed by atoms with Crippen molar-refractivity contribution in [2.24, 2.45) is 5.92 Å². The van der Waals surface area contributed by atoms with Gasteiger partial charge in [-0.25, -0.2) is 0 Å². The Morgan fingerprint density at radius 3 is 2.77 bits per heavy atom. The van der Waals surface area contributed by atoms with Crippen LogP contribution in [0.5, 0.6) is 11.5 Å². The molecule has 0 spiro atoms. The molecule has 1 heterocycles. The number of nitrogens with one attached hydrogen (secondary N) is 1. The van der Waals surface area contributed by atoms with Crippen molar-refractivity contribution in [2.45, 2.75) is 38.3 Å². The number of hydrogen-bond acceptors (Lipinski definition) is 3. The molecule has 3 unspecified atom stereocenters. The van der Waals surface area contributed by atoms with Gasteiger partial charge in [0.2, 0.25) is 0 Å². The Hall–Kier alpha value is -1.84. The van der Waals surface area contributed by atoms with Gasteiger partial charge in [0.1, 0.15) is 11.5 Å². The maximum atomic E-state index is 10.6. The SMILES string of the molecule is CC(C)Oc1cccc2c1NC(c1cc(Cl)cc(Cl)c1O)C1CC=CC21. The van der Waals surface area contributed by atoms with Gasteiger partial charge in [0.05, 0.1) is 22.9 Å². The summed E-state index contributed by atoms with van der Waals surface area (Å²) < 4.78 is 6.02. The fourth-order valence-electron chi connectivity index (χ4n) is 4.08. The van der Waals surface area contributed by atoms with Crippen LogP contribution in [-0.4, -0.2) is 11.2 Å². The van der Waals surface area contributed by atoms with Crippen molar-refractivity contribution in [3.8, 4) is 11.5 Å². The maximum Gasteiger partial charge on any atom is 0.143 e. The second kappa shape index (κ2) is 6.71. The Bertz CT molecular complexity index is 879. The van der Waals surface area contributed by atoms with E-state index in [9.17, 15) is 5.11 Å². The summed E-state index contributed by atoms with van der Waals surface area (Å²) in [6.45, 7) is 4.03. The van der Waals surface area contributed by atoms with Crippen LogP contribution in [-0.2, 0) is 0 Å². The van der Waals surface area contributed by atoms with Gasteiger partial charge in [-0.3, -0.25) is 0 Å². The third-order valence-corrected chi connectivity index (χ3v) is 5.62. The van der Waals surface area contributed by atoms with Crippen LogP contribution in [0.25, 0.3) is 0 Å². The normalized spacial score (nSPS) is 23.5. The summed E-state index contributed by atoms with van der Waals surface area (Å²) in [5.74, 6) is 1.47. The Kier molecular flexibility index (Phi) is 4.54. The van der Waals surface area contributed by atoms with E-state index in [-0.39, 0.29) is 34.8 Å². The molecule has 3 atom stereocenters. The molecule has 2 N–H and O–H groups in total. The van der Waals surface area contributed by atoms with Crippen molar-refractivity contribution in [3.63, 3.8) is 0 Å². The number of para-hydroxylation sites is 1. The molecule has 3 nitrogen and oxygen atoms in total. The predicted octanol–water partition coefficient (Wildman–Crippen LogP) is 6.31. The molecule has 0 bridgehead atoms. The summed E-state index contributed by atoms with van der Waals surface area (Å²) >= 11 is 12.4. The van der Waals surface area contributed by atoms with Crippen LogP contribution in [0.1, 0.15) is 43.4 Å². The average molecular weight is 390 g/mol. The van der Waals surface area contributed by atoms with E-state index in [1.54, 1.807) is 12.1 Å². The van der Waals surface area contributed by atoms with E-state index < -0.39 is 0 Å². The largest absolute Gasteiger partial charge is 0.506 e. The van der Waals surface area contributed by atoms with Crippen LogP contribution in [0.4, 0.5) is 5.69 Å². The summed E-state index contributed by atoms with van der Waals surface area (Å²) in [6, 6.07) is 9.42. The van der Waals surface area contributed by atoms with Crippen molar-refractivity contribution >= 4 is 28.9 Å². The van der Waals surface area contributed by atoms with E-state index in [2.05, 4.69) is 23.5 Å². The first-order chi connectivity index (χ1) is 12.5. The third-order valence-electron chi connectivity index (χ3n) is 5.11. The topological polar surface area (TPSA) is 41.5 Å². The zero-order valence-electron chi connectivity index (χ0n) is 14.7. The van der Waals surface area contributed by atoms with Crippen LogP contribution in [0.15, 0.2) is 42.5 Å². The Morgan fingerprint density at radius 2 is 2.00 bits per heavy atom. The number of halogens is 2. The van der Waals surface area contributed by atoms with E-state index in [1.807, 2.05) is 26.0 Å². The summed E-state index contributed by atoms with van der Waals surface area (Å²) in [6.07, 6.45) is 5.46. The number of hydrogen-bond donors (Lipinski definition) is 2. The first kappa shape index (κ1) is 17.6. The molecule has 26 heavy (non-hydrogen) atoms. The summed E-state index contributed by atoms with van der Waals surface area (Å²) in [5, 5.41) is 15.0. The Labute approximate surface area is 163 Å². The van der Waals surface area contributed by atoms with Gasteiger partial charge in [-0.15, -0.1) is 0 Å². The Morgan fingerprint density at radius 1 is 1.19 bits per heavy atom. The molecule has 5 heteroatoms. The summed E-state index contributed by atoms with van der Waals surface area (Å²) in [4.78, 5) is 0. The minimum absolute atomic E-state index is 0.0765. The quantitative estimate of drug-likeness (QED) is 0.603. The number of benzene rings is 2. The monoisotopic (exact) mass is 389 g/mol. The van der Waals surface area contributed by atoms with Crippen LogP contribution in [0.3, 0.4) is 0 Å². The number of phenolic OH excluding ortho intramolecular Hbond substituents is 1. The minimum atomic E-state index is -0.101. The van der Waals surface area contributed by atoms with E-state index >= 15 is 0 Å². The predicted molar refractivity (Wildman–Crippen MR) is 107 cm³/mol. The molecular weight excluding hydrogens is 369 g/mol. The molecule has 4 rings (SSSR count). The first-order valence-electron chi connectivity index (χ1n) is 8.86. The highest BCUT2D eigenvalue weighted by molar-refractivity contribution is 6.35. The molecule has 2 aliphatic rings. The van der Waals surface area contributed by atoms with Crippen molar-refractivity contribution in [2.75, 3.05) is 5.32 Å². The maximum absolute atomic E-state index is 10.6. The van der Waals surface area contributed by atoms with E-state index in [1.165, 1.54) is 5.56 Å². The van der Waals surface area contributed by atoms with Crippen LogP contribution in [0, 0.1) is 5.92 Å². The second-order valence-electron chi connectivity index (χ2n) is 7.19. The highest BCUT2D eigenvalue weighted by Gasteiger charge is 2.40. The molecule has 0 saturated carbocycles. The second-order valence-corrected chi connectivity index (χ2v) is 8.03. The number of ether oxygens (including phenoxy) is 1. The van der Waals surface area contributed by atoms with Crippen molar-refractivity contribution in [1.82, 2.24) is 0 Å². The molecule has 2 aromatic carbocycles. The molecule has 0 aromatic heterocycles. The van der Waals surface area contributed by atoms with E-state index in [0.717, 1.165) is 23.4 Å². The molecule has 1 aliphatic carbocycles. The zero-order valence-corrected chi connectivity index (χ0v) is 16.2. The number of phenols is 1.